The fourth-order valence-corrected chi connectivity index (χ4v) is 1.41. The van der Waals surface area contributed by atoms with Crippen LogP contribution in [0.15, 0.2) is 6.07 Å². The van der Waals surface area contributed by atoms with Gasteiger partial charge in [0.2, 0.25) is 0 Å². The number of anilines is 1. The van der Waals surface area contributed by atoms with E-state index in [9.17, 15) is 4.79 Å². The Hall–Kier alpha value is -1.71. The van der Waals surface area contributed by atoms with E-state index in [1.54, 1.807) is 19.9 Å². The lowest BCUT2D eigenvalue weighted by atomic mass is 10.0. The maximum atomic E-state index is 10.9. The van der Waals surface area contributed by atoms with Crippen LogP contribution in [0.5, 0.6) is 5.75 Å². The maximum absolute atomic E-state index is 10.9. The average Bonchev–Trinajstić information content (AvgIpc) is 2.10. The van der Waals surface area contributed by atoms with Crippen molar-refractivity contribution in [3.8, 4) is 5.75 Å². The van der Waals surface area contributed by atoms with Crippen molar-refractivity contribution in [1.82, 2.24) is 0 Å². The first kappa shape index (κ1) is 10.4. The van der Waals surface area contributed by atoms with E-state index in [-0.39, 0.29) is 11.3 Å². The minimum atomic E-state index is -1.01. The van der Waals surface area contributed by atoms with E-state index in [0.717, 1.165) is 0 Å². The molecule has 1 rings (SSSR count). The van der Waals surface area contributed by atoms with Gasteiger partial charge in [-0.3, -0.25) is 0 Å². The standard InChI is InChI=1S/C10H13NO3/c1-5-4-7(14-3)6(2)9(11)8(5)10(12)13/h4H,11H2,1-3H3,(H,12,13). The molecule has 4 heteroatoms. The van der Waals surface area contributed by atoms with Crippen LogP contribution in [0.3, 0.4) is 0 Å². The molecule has 14 heavy (non-hydrogen) atoms. The number of carboxylic acids is 1. The summed E-state index contributed by atoms with van der Waals surface area (Å²) >= 11 is 0. The molecule has 4 nitrogen and oxygen atoms in total. The second kappa shape index (κ2) is 3.57. The zero-order valence-corrected chi connectivity index (χ0v) is 8.42. The first-order chi connectivity index (χ1) is 6.49. The Morgan fingerprint density at radius 2 is 2.07 bits per heavy atom. The lowest BCUT2D eigenvalue weighted by molar-refractivity contribution is 0.0697. The van der Waals surface area contributed by atoms with Gasteiger partial charge in [0.25, 0.3) is 0 Å². The SMILES string of the molecule is COc1cc(C)c(C(=O)O)c(N)c1C. The van der Waals surface area contributed by atoms with Crippen molar-refractivity contribution < 1.29 is 14.6 Å². The Labute approximate surface area is 82.3 Å². The van der Waals surface area contributed by atoms with Gasteiger partial charge in [-0.25, -0.2) is 4.79 Å². The highest BCUT2D eigenvalue weighted by Gasteiger charge is 2.16. The van der Waals surface area contributed by atoms with Gasteiger partial charge in [-0.1, -0.05) is 0 Å². The molecule has 3 N–H and O–H groups in total. The first-order valence-corrected chi connectivity index (χ1v) is 4.16. The van der Waals surface area contributed by atoms with Gasteiger partial charge in [0, 0.05) is 5.56 Å². The number of benzene rings is 1. The summed E-state index contributed by atoms with van der Waals surface area (Å²) in [6.45, 7) is 3.43. The lowest BCUT2D eigenvalue weighted by Crippen LogP contribution is -2.07. The van der Waals surface area contributed by atoms with E-state index in [1.807, 2.05) is 0 Å². The van der Waals surface area contributed by atoms with Crippen LogP contribution in [-0.4, -0.2) is 18.2 Å². The summed E-state index contributed by atoms with van der Waals surface area (Å²) in [4.78, 5) is 10.9. The summed E-state index contributed by atoms with van der Waals surface area (Å²) in [7, 11) is 1.53. The van der Waals surface area contributed by atoms with Crippen LogP contribution in [0.1, 0.15) is 21.5 Å². The fraction of sp³-hybridized carbons (Fsp3) is 0.300. The van der Waals surface area contributed by atoms with Gasteiger partial charge in [0.1, 0.15) is 5.75 Å². The van der Waals surface area contributed by atoms with Crippen molar-refractivity contribution in [2.24, 2.45) is 0 Å². The van der Waals surface area contributed by atoms with Gasteiger partial charge in [0.05, 0.1) is 18.4 Å². The fourth-order valence-electron chi connectivity index (χ4n) is 1.41. The van der Waals surface area contributed by atoms with Gasteiger partial charge in [-0.05, 0) is 25.5 Å². The third-order valence-corrected chi connectivity index (χ3v) is 2.22. The summed E-state index contributed by atoms with van der Waals surface area (Å²) < 4.78 is 5.07. The molecule has 0 radical (unpaired) electrons. The zero-order valence-electron chi connectivity index (χ0n) is 8.42. The van der Waals surface area contributed by atoms with Gasteiger partial charge in [0.15, 0.2) is 0 Å². The molecule has 0 unspecified atom stereocenters. The molecule has 0 aliphatic rings. The molecule has 0 heterocycles. The number of methoxy groups -OCH3 is 1. The van der Waals surface area contributed by atoms with E-state index < -0.39 is 5.97 Å². The molecule has 0 aromatic heterocycles. The summed E-state index contributed by atoms with van der Waals surface area (Å²) in [5, 5.41) is 8.91. The topological polar surface area (TPSA) is 72.5 Å². The summed E-state index contributed by atoms with van der Waals surface area (Å²) in [6, 6.07) is 1.68. The number of hydrogen-bond acceptors (Lipinski definition) is 3. The lowest BCUT2D eigenvalue weighted by Gasteiger charge is -2.12. The Kier molecular flexibility index (Phi) is 2.65. The zero-order chi connectivity index (χ0) is 10.9. The third kappa shape index (κ3) is 1.51. The van der Waals surface area contributed by atoms with Crippen LogP contribution in [0.4, 0.5) is 5.69 Å². The van der Waals surface area contributed by atoms with E-state index in [4.69, 9.17) is 15.6 Å². The predicted octanol–water partition coefficient (Wildman–Crippen LogP) is 1.59. The van der Waals surface area contributed by atoms with Crippen LogP contribution in [0, 0.1) is 13.8 Å². The smallest absolute Gasteiger partial charge is 0.338 e. The van der Waals surface area contributed by atoms with Crippen molar-refractivity contribution in [2.45, 2.75) is 13.8 Å². The quantitative estimate of drug-likeness (QED) is 0.703. The Morgan fingerprint density at radius 3 is 2.50 bits per heavy atom. The van der Waals surface area contributed by atoms with Crippen molar-refractivity contribution in [1.29, 1.82) is 0 Å². The van der Waals surface area contributed by atoms with E-state index >= 15 is 0 Å². The number of carbonyl (C=O) groups is 1. The molecule has 0 spiro atoms. The van der Waals surface area contributed by atoms with Gasteiger partial charge >= 0.3 is 5.97 Å². The van der Waals surface area contributed by atoms with Crippen LogP contribution >= 0.6 is 0 Å². The number of rotatable bonds is 2. The van der Waals surface area contributed by atoms with Gasteiger partial charge in [-0.15, -0.1) is 0 Å². The second-order valence-electron chi connectivity index (χ2n) is 3.11. The Balaban J connectivity index is 3.49. The number of nitrogens with two attached hydrogens (primary N) is 1. The molecule has 0 saturated carbocycles. The molecule has 0 saturated heterocycles. The normalized spacial score (nSPS) is 9.93. The molecular formula is C10H13NO3. The first-order valence-electron chi connectivity index (χ1n) is 4.16. The van der Waals surface area contributed by atoms with Crippen molar-refractivity contribution in [3.05, 3.63) is 22.8 Å². The average molecular weight is 195 g/mol. The molecule has 0 fully saturated rings. The largest absolute Gasteiger partial charge is 0.496 e. The van der Waals surface area contributed by atoms with E-state index in [2.05, 4.69) is 0 Å². The third-order valence-electron chi connectivity index (χ3n) is 2.22. The molecule has 0 bridgehead atoms. The van der Waals surface area contributed by atoms with Crippen molar-refractivity contribution in [3.63, 3.8) is 0 Å². The highest BCUT2D eigenvalue weighted by Crippen LogP contribution is 2.29. The number of hydrogen-bond donors (Lipinski definition) is 2. The number of aryl methyl sites for hydroxylation is 1. The number of ether oxygens (including phenoxy) is 1. The van der Waals surface area contributed by atoms with Crippen molar-refractivity contribution >= 4 is 11.7 Å². The maximum Gasteiger partial charge on any atom is 0.338 e. The Bertz CT molecular complexity index is 385. The van der Waals surface area contributed by atoms with Crippen LogP contribution in [-0.2, 0) is 0 Å². The Morgan fingerprint density at radius 1 is 1.50 bits per heavy atom. The van der Waals surface area contributed by atoms with Crippen molar-refractivity contribution in [2.75, 3.05) is 12.8 Å². The van der Waals surface area contributed by atoms with Crippen LogP contribution < -0.4 is 10.5 Å². The summed E-state index contributed by atoms with van der Waals surface area (Å²) in [5.74, 6) is -0.393. The second-order valence-corrected chi connectivity index (χ2v) is 3.11. The van der Waals surface area contributed by atoms with Crippen LogP contribution in [0.2, 0.25) is 0 Å². The minimum absolute atomic E-state index is 0.156. The predicted molar refractivity (Wildman–Crippen MR) is 53.8 cm³/mol. The molecule has 0 atom stereocenters. The molecule has 0 aliphatic carbocycles. The summed E-state index contributed by atoms with van der Waals surface area (Å²) in [6.07, 6.45) is 0. The molecular weight excluding hydrogens is 182 g/mol. The number of nitrogen functional groups attached to an aromatic ring is 1. The number of aromatic carboxylic acids is 1. The highest BCUT2D eigenvalue weighted by molar-refractivity contribution is 5.96. The molecule has 76 valence electrons. The van der Waals surface area contributed by atoms with Gasteiger partial charge < -0.3 is 15.6 Å². The molecule has 0 amide bonds. The number of carboxylic acid groups (broad SMARTS) is 1. The minimum Gasteiger partial charge on any atom is -0.496 e. The molecule has 0 aliphatic heterocycles. The summed E-state index contributed by atoms with van der Waals surface area (Å²) in [5.41, 5.74) is 7.40. The van der Waals surface area contributed by atoms with Crippen LogP contribution in [0.25, 0.3) is 0 Å². The highest BCUT2D eigenvalue weighted by atomic mass is 16.5. The van der Waals surface area contributed by atoms with Gasteiger partial charge in [-0.2, -0.15) is 0 Å². The molecule has 1 aromatic rings. The van der Waals surface area contributed by atoms with E-state index in [0.29, 0.717) is 16.9 Å². The monoisotopic (exact) mass is 195 g/mol. The van der Waals surface area contributed by atoms with E-state index in [1.165, 1.54) is 7.11 Å². The molecule has 1 aromatic carbocycles.